The number of carboxylic acid groups (broad SMARTS) is 1. The number of nitrogens with one attached hydrogen (secondary N) is 1. The zero-order valence-corrected chi connectivity index (χ0v) is 19.6. The van der Waals surface area contributed by atoms with Gasteiger partial charge in [-0.2, -0.15) is 5.26 Å². The third kappa shape index (κ3) is 3.90. The van der Waals surface area contributed by atoms with Gasteiger partial charge < -0.3 is 15.3 Å². The fraction of sp³-hybridized carbons (Fsp3) is 0.375. The Bertz CT molecular complexity index is 1400. The van der Waals surface area contributed by atoms with Crippen LogP contribution in [-0.4, -0.2) is 45.0 Å². The lowest BCUT2D eigenvalue weighted by Crippen LogP contribution is -2.63. The van der Waals surface area contributed by atoms with Crippen molar-refractivity contribution in [2.75, 3.05) is 23.3 Å². The Hall–Kier alpha value is -3.58. The predicted octanol–water partition coefficient (Wildman–Crippen LogP) is 4.82. The Labute approximate surface area is 204 Å². The van der Waals surface area contributed by atoms with Crippen LogP contribution in [0.3, 0.4) is 0 Å². The molecule has 4 heterocycles. The number of nitriles is 1. The van der Waals surface area contributed by atoms with E-state index in [0.29, 0.717) is 23.3 Å². The number of hydrogen-bond acceptors (Lipinski definition) is 7. The van der Waals surface area contributed by atoms with Crippen molar-refractivity contribution in [1.82, 2.24) is 15.0 Å². The number of pyridine rings is 1. The summed E-state index contributed by atoms with van der Waals surface area (Å²) in [6.07, 6.45) is 0.471. The molecule has 1 aliphatic carbocycles. The van der Waals surface area contributed by atoms with E-state index in [1.54, 1.807) is 17.0 Å². The zero-order valence-electron chi connectivity index (χ0n) is 18.9. The summed E-state index contributed by atoms with van der Waals surface area (Å²) in [5, 5.41) is 22.5. The molecule has 180 valence electrons. The van der Waals surface area contributed by atoms with Gasteiger partial charge in [0.15, 0.2) is 17.2 Å². The SMILES string of the molecule is Cc1cc(C(C)Nc2ccc(Cl)nc2C(=O)O)c2nc(N3CC4CC(C3)C4(F)F)c(C#N)nc2c1. The van der Waals surface area contributed by atoms with E-state index in [4.69, 9.17) is 16.6 Å². The van der Waals surface area contributed by atoms with Gasteiger partial charge in [0.25, 0.3) is 5.92 Å². The largest absolute Gasteiger partial charge is 0.476 e. The van der Waals surface area contributed by atoms with E-state index in [9.17, 15) is 23.9 Å². The number of aryl methyl sites for hydroxylation is 1. The van der Waals surface area contributed by atoms with Gasteiger partial charge in [0.1, 0.15) is 11.2 Å². The quantitative estimate of drug-likeness (QED) is 0.481. The number of aromatic carboxylic acids is 1. The molecule has 1 saturated carbocycles. The first-order chi connectivity index (χ1) is 16.6. The number of benzene rings is 1. The highest BCUT2D eigenvalue weighted by atomic mass is 35.5. The van der Waals surface area contributed by atoms with Crippen LogP contribution in [0.25, 0.3) is 11.0 Å². The molecule has 3 atom stereocenters. The van der Waals surface area contributed by atoms with Crippen LogP contribution in [0.4, 0.5) is 20.3 Å². The van der Waals surface area contributed by atoms with E-state index in [1.165, 1.54) is 6.07 Å². The summed E-state index contributed by atoms with van der Waals surface area (Å²) in [6, 6.07) is 8.37. The molecule has 2 aromatic heterocycles. The van der Waals surface area contributed by atoms with Crippen LogP contribution >= 0.6 is 11.6 Å². The Morgan fingerprint density at radius 1 is 1.29 bits per heavy atom. The van der Waals surface area contributed by atoms with E-state index < -0.39 is 29.8 Å². The third-order valence-corrected chi connectivity index (χ3v) is 6.98. The number of piperidine rings is 2. The third-order valence-electron chi connectivity index (χ3n) is 6.77. The zero-order chi connectivity index (χ0) is 25.1. The lowest BCUT2D eigenvalue weighted by molar-refractivity contribution is -0.194. The van der Waals surface area contributed by atoms with E-state index in [-0.39, 0.29) is 35.3 Å². The number of nitrogens with zero attached hydrogens (tertiary/aromatic N) is 5. The summed E-state index contributed by atoms with van der Waals surface area (Å²) in [5.41, 5.74) is 2.76. The van der Waals surface area contributed by atoms with Crippen molar-refractivity contribution in [3.8, 4) is 6.07 Å². The van der Waals surface area contributed by atoms with Gasteiger partial charge in [0.05, 0.1) is 22.8 Å². The molecule has 1 aromatic carbocycles. The molecule has 2 aliphatic heterocycles. The molecule has 0 radical (unpaired) electrons. The highest BCUT2D eigenvalue weighted by Gasteiger charge is 2.61. The summed E-state index contributed by atoms with van der Waals surface area (Å²) >= 11 is 5.87. The van der Waals surface area contributed by atoms with Crippen molar-refractivity contribution in [3.63, 3.8) is 0 Å². The lowest BCUT2D eigenvalue weighted by Gasteiger charge is -2.53. The van der Waals surface area contributed by atoms with Crippen molar-refractivity contribution in [2.24, 2.45) is 11.8 Å². The summed E-state index contributed by atoms with van der Waals surface area (Å²) in [5.74, 6) is -5.12. The Morgan fingerprint density at radius 2 is 2.00 bits per heavy atom. The molecule has 35 heavy (non-hydrogen) atoms. The van der Waals surface area contributed by atoms with Crippen LogP contribution in [0.15, 0.2) is 24.3 Å². The Balaban J connectivity index is 1.56. The van der Waals surface area contributed by atoms with Crippen LogP contribution in [-0.2, 0) is 0 Å². The Kier molecular flexibility index (Phi) is 5.48. The van der Waals surface area contributed by atoms with E-state index in [0.717, 1.165) is 11.1 Å². The molecule has 2 N–H and O–H groups in total. The van der Waals surface area contributed by atoms with E-state index in [2.05, 4.69) is 21.4 Å². The molecule has 3 unspecified atom stereocenters. The maximum atomic E-state index is 14.1. The van der Waals surface area contributed by atoms with Crippen LogP contribution in [0.1, 0.15) is 46.7 Å². The van der Waals surface area contributed by atoms with Gasteiger partial charge in [-0.1, -0.05) is 17.7 Å². The molecule has 6 rings (SSSR count). The number of fused-ring (bicyclic) bond motifs is 3. The molecule has 0 amide bonds. The number of carbonyl (C=O) groups is 1. The normalized spacial score (nSPS) is 21.2. The highest BCUT2D eigenvalue weighted by molar-refractivity contribution is 6.29. The van der Waals surface area contributed by atoms with Crippen molar-refractivity contribution < 1.29 is 18.7 Å². The molecule has 0 spiro atoms. The second kappa shape index (κ2) is 8.27. The van der Waals surface area contributed by atoms with Gasteiger partial charge >= 0.3 is 5.97 Å². The standard InChI is InChI=1S/C24H21ClF2N6O2/c1-11-5-15(12(2)29-16-3-4-19(25)31-21(16)23(34)35)20-17(6-11)30-18(8-28)22(32-20)33-9-13-7-14(10-33)24(13,26)27/h3-6,12-14,29H,7,9-10H2,1-2H3,(H,34,35). The molecule has 3 aromatic rings. The van der Waals surface area contributed by atoms with Gasteiger partial charge in [0, 0.05) is 30.5 Å². The molecule has 3 aliphatic rings. The minimum absolute atomic E-state index is 0.0614. The number of alkyl halides is 2. The summed E-state index contributed by atoms with van der Waals surface area (Å²) in [7, 11) is 0. The first kappa shape index (κ1) is 23.2. The average Bonchev–Trinajstić information content (AvgIpc) is 2.83. The minimum Gasteiger partial charge on any atom is -0.476 e. The van der Waals surface area contributed by atoms with Crippen LogP contribution in [0.5, 0.6) is 0 Å². The van der Waals surface area contributed by atoms with Gasteiger partial charge in [-0.05, 0) is 44.0 Å². The number of hydrogen-bond donors (Lipinski definition) is 2. The molecule has 11 heteroatoms. The van der Waals surface area contributed by atoms with Crippen LogP contribution < -0.4 is 10.2 Å². The number of rotatable bonds is 5. The first-order valence-electron chi connectivity index (χ1n) is 11.1. The topological polar surface area (TPSA) is 115 Å². The molecule has 2 saturated heterocycles. The summed E-state index contributed by atoms with van der Waals surface area (Å²) in [6.45, 7) is 3.95. The smallest absolute Gasteiger partial charge is 0.356 e. The Morgan fingerprint density at radius 3 is 2.63 bits per heavy atom. The first-order valence-corrected chi connectivity index (χ1v) is 11.5. The molecule has 3 fully saturated rings. The maximum absolute atomic E-state index is 14.1. The summed E-state index contributed by atoms with van der Waals surface area (Å²) in [4.78, 5) is 26.5. The van der Waals surface area contributed by atoms with Crippen molar-refractivity contribution in [2.45, 2.75) is 32.2 Å². The van der Waals surface area contributed by atoms with Gasteiger partial charge in [-0.15, -0.1) is 0 Å². The van der Waals surface area contributed by atoms with Gasteiger partial charge in [0.2, 0.25) is 0 Å². The molecular formula is C24H21ClF2N6O2. The van der Waals surface area contributed by atoms with Gasteiger partial charge in [-0.3, -0.25) is 0 Å². The van der Waals surface area contributed by atoms with Crippen molar-refractivity contribution >= 4 is 40.1 Å². The molecule has 2 bridgehead atoms. The highest BCUT2D eigenvalue weighted by Crippen LogP contribution is 2.53. The number of carboxylic acids is 1. The second-order valence-electron chi connectivity index (χ2n) is 9.14. The van der Waals surface area contributed by atoms with Gasteiger partial charge in [-0.25, -0.2) is 28.5 Å². The number of anilines is 2. The predicted molar refractivity (Wildman–Crippen MR) is 126 cm³/mol. The number of halogens is 3. The van der Waals surface area contributed by atoms with Crippen LogP contribution in [0.2, 0.25) is 5.15 Å². The average molecular weight is 499 g/mol. The monoisotopic (exact) mass is 498 g/mol. The number of aromatic nitrogens is 3. The van der Waals surface area contributed by atoms with Crippen molar-refractivity contribution in [3.05, 3.63) is 51.9 Å². The fourth-order valence-corrected chi connectivity index (χ4v) is 5.13. The second-order valence-corrected chi connectivity index (χ2v) is 9.53. The minimum atomic E-state index is -2.68. The molecular weight excluding hydrogens is 478 g/mol. The fourth-order valence-electron chi connectivity index (χ4n) is 4.98. The van der Waals surface area contributed by atoms with E-state index >= 15 is 0 Å². The maximum Gasteiger partial charge on any atom is 0.356 e. The van der Waals surface area contributed by atoms with E-state index in [1.807, 2.05) is 19.9 Å². The lowest BCUT2D eigenvalue weighted by atomic mass is 9.67. The van der Waals surface area contributed by atoms with Crippen molar-refractivity contribution in [1.29, 1.82) is 5.26 Å². The molecule has 8 nitrogen and oxygen atoms in total. The summed E-state index contributed by atoms with van der Waals surface area (Å²) < 4.78 is 28.2. The van der Waals surface area contributed by atoms with Crippen LogP contribution in [0, 0.1) is 30.1 Å².